The summed E-state index contributed by atoms with van der Waals surface area (Å²) in [6.07, 6.45) is 9.72. The third-order valence-electron chi connectivity index (χ3n) is 15.4. The largest absolute Gasteiger partial charge is 0.481 e. The average molecular weight is 841 g/mol. The number of hydrogen-bond acceptors (Lipinski definition) is 10. The fourth-order valence-corrected chi connectivity index (χ4v) is 11.4. The molecule has 0 aromatic carbocycles. The Morgan fingerprint density at radius 3 is 2.24 bits per heavy atom. The lowest BCUT2D eigenvalue weighted by Crippen LogP contribution is -2.65. The van der Waals surface area contributed by atoms with E-state index in [0.717, 1.165) is 32.2 Å². The first-order chi connectivity index (χ1) is 27.3. The number of carboxylic acids is 1. The van der Waals surface area contributed by atoms with Crippen molar-refractivity contribution in [1.29, 1.82) is 0 Å². The van der Waals surface area contributed by atoms with Crippen LogP contribution in [0.4, 0.5) is 0 Å². The topological polar surface area (TPSA) is 153 Å². The second kappa shape index (κ2) is 19.5. The predicted molar refractivity (Wildman–Crippen MR) is 224 cm³/mol. The van der Waals surface area contributed by atoms with Crippen LogP contribution in [-0.4, -0.2) is 105 Å². The van der Waals surface area contributed by atoms with Gasteiger partial charge in [-0.25, -0.2) is 0 Å². The van der Waals surface area contributed by atoms with Crippen LogP contribution < -0.4 is 5.32 Å². The molecule has 334 valence electrons. The third kappa shape index (κ3) is 9.58. The monoisotopic (exact) mass is 840 g/mol. The number of halogens is 1. The minimum atomic E-state index is -1.15. The highest BCUT2D eigenvalue weighted by molar-refractivity contribution is 6.17. The van der Waals surface area contributed by atoms with Gasteiger partial charge in [-0.3, -0.25) is 9.59 Å². The van der Waals surface area contributed by atoms with Crippen molar-refractivity contribution in [2.24, 2.45) is 41.4 Å². The second-order valence-corrected chi connectivity index (χ2v) is 19.7. The van der Waals surface area contributed by atoms with E-state index in [0.29, 0.717) is 57.2 Å². The van der Waals surface area contributed by atoms with E-state index < -0.39 is 64.8 Å². The molecular formula is C46H78ClNO10. The van der Waals surface area contributed by atoms with Crippen molar-refractivity contribution < 1.29 is 48.6 Å². The molecule has 18 atom stereocenters. The summed E-state index contributed by atoms with van der Waals surface area (Å²) in [7, 11) is 0. The van der Waals surface area contributed by atoms with Crippen LogP contribution in [-0.2, 0) is 33.3 Å². The lowest BCUT2D eigenvalue weighted by Gasteiger charge is -2.55. The molecule has 0 aromatic rings. The van der Waals surface area contributed by atoms with E-state index in [4.69, 9.17) is 35.3 Å². The van der Waals surface area contributed by atoms with Gasteiger partial charge in [-0.15, -0.1) is 11.6 Å². The standard InChI is InChI=1S/C46H78ClNO10/c1-11-33(42(51)52)35-17-16-27(4)40(55-35)31(8)38(49)30(7)39(50)34(12-2)41-28(5)26-29(6)45(56-41)21-18-36(48-25-15-14-24-47)46(58-45)23-22-43(10,57-46)37-19-20-44(53,13-3)32(9)54-37/h18,21,27-38,40-41,48-49,53H,11-17,19-20,22-26H2,1-10H3,(H,51,52)/t27-,28-,29+,30-,31-,32-,33+,34-,35+,36+,37+,38+,40+,41-,43-,44+,45-,46-/m0/s1. The van der Waals surface area contributed by atoms with Crippen LogP contribution in [0.25, 0.3) is 0 Å². The number of ketones is 1. The molecule has 4 saturated heterocycles. The quantitative estimate of drug-likeness (QED) is 0.0645. The number of rotatable bonds is 17. The fraction of sp³-hybridized carbons (Fsp3) is 0.913. The molecule has 5 aliphatic rings. The van der Waals surface area contributed by atoms with Gasteiger partial charge in [0.25, 0.3) is 0 Å². The minimum Gasteiger partial charge on any atom is -0.481 e. The summed E-state index contributed by atoms with van der Waals surface area (Å²) < 4.78 is 34.7. The SMILES string of the molecule is CC[C@@H](C(=O)[C@@H](C)[C@@H](O)[C@H](C)[C@@H]1O[C@@H]([C@@H](CC)C(=O)O)CC[C@@H]1C)[C@H]1O[C@]2(C=C[C@@H](NCCCCCl)[C@]3(CC[C@@](C)([C@H]4CC[C@](O)(CC)[C@H](C)O4)O3)O2)[C@H](C)C[C@@H]1C. The summed E-state index contributed by atoms with van der Waals surface area (Å²) in [5.41, 5.74) is -1.52. The van der Waals surface area contributed by atoms with E-state index in [-0.39, 0.29) is 53.8 Å². The second-order valence-electron chi connectivity index (χ2n) is 19.3. The molecule has 4 N–H and O–H groups in total. The molecule has 0 amide bonds. The highest BCUT2D eigenvalue weighted by Crippen LogP contribution is 2.54. The Hall–Kier alpha value is -1.15. The van der Waals surface area contributed by atoms with Gasteiger partial charge in [0.1, 0.15) is 5.78 Å². The fourth-order valence-electron chi connectivity index (χ4n) is 11.2. The van der Waals surface area contributed by atoms with E-state index in [2.05, 4.69) is 39.1 Å². The van der Waals surface area contributed by atoms with Gasteiger partial charge in [-0.1, -0.05) is 61.5 Å². The number of unbranched alkanes of at least 4 members (excludes halogenated alkanes) is 1. The predicted octanol–water partition coefficient (Wildman–Crippen LogP) is 7.80. The molecule has 4 fully saturated rings. The zero-order valence-electron chi connectivity index (χ0n) is 37.2. The van der Waals surface area contributed by atoms with E-state index >= 15 is 0 Å². The first kappa shape index (κ1) is 47.9. The van der Waals surface area contributed by atoms with Crippen molar-refractivity contribution in [1.82, 2.24) is 5.32 Å². The first-order valence-electron chi connectivity index (χ1n) is 22.9. The van der Waals surface area contributed by atoms with E-state index in [9.17, 15) is 24.9 Å². The molecule has 0 saturated carbocycles. The molecule has 11 nitrogen and oxygen atoms in total. The number of aliphatic hydroxyl groups excluding tert-OH is 1. The molecule has 0 unspecified atom stereocenters. The minimum absolute atomic E-state index is 0.0451. The smallest absolute Gasteiger partial charge is 0.309 e. The summed E-state index contributed by atoms with van der Waals surface area (Å²) in [5.74, 6) is -4.57. The zero-order chi connectivity index (χ0) is 42.8. The summed E-state index contributed by atoms with van der Waals surface area (Å²) in [4.78, 5) is 26.6. The highest BCUT2D eigenvalue weighted by Gasteiger charge is 2.63. The summed E-state index contributed by atoms with van der Waals surface area (Å²) in [6, 6.07) is -0.259. The van der Waals surface area contributed by atoms with Crippen molar-refractivity contribution in [2.45, 2.75) is 212 Å². The maximum absolute atomic E-state index is 14.6. The Labute approximate surface area is 354 Å². The number of aliphatic carboxylic acids is 1. The molecule has 0 radical (unpaired) electrons. The van der Waals surface area contributed by atoms with E-state index in [1.54, 1.807) is 0 Å². The Morgan fingerprint density at radius 2 is 1.62 bits per heavy atom. The van der Waals surface area contributed by atoms with Crippen molar-refractivity contribution in [3.05, 3.63) is 12.2 Å². The number of ether oxygens (including phenoxy) is 5. The van der Waals surface area contributed by atoms with Crippen molar-refractivity contribution in [3.63, 3.8) is 0 Å². The van der Waals surface area contributed by atoms with Gasteiger partial charge in [0.15, 0.2) is 11.6 Å². The van der Waals surface area contributed by atoms with Crippen LogP contribution in [0, 0.1) is 41.4 Å². The number of alkyl halides is 1. The first-order valence-corrected chi connectivity index (χ1v) is 23.4. The molecule has 12 heteroatoms. The van der Waals surface area contributed by atoms with Gasteiger partial charge < -0.3 is 44.3 Å². The van der Waals surface area contributed by atoms with Gasteiger partial charge in [0, 0.05) is 36.0 Å². The van der Waals surface area contributed by atoms with Crippen LogP contribution in [0.1, 0.15) is 146 Å². The molecule has 58 heavy (non-hydrogen) atoms. The van der Waals surface area contributed by atoms with Crippen LogP contribution in [0.5, 0.6) is 0 Å². The van der Waals surface area contributed by atoms with Crippen molar-refractivity contribution in [3.8, 4) is 0 Å². The Kier molecular flexibility index (Phi) is 16.1. The molecular weight excluding hydrogens is 762 g/mol. The molecule has 5 aliphatic heterocycles. The van der Waals surface area contributed by atoms with Gasteiger partial charge in [0.05, 0.1) is 59.8 Å². The van der Waals surface area contributed by atoms with Crippen LogP contribution >= 0.6 is 11.6 Å². The Morgan fingerprint density at radius 1 is 0.914 bits per heavy atom. The summed E-state index contributed by atoms with van der Waals surface area (Å²) >= 11 is 6.03. The third-order valence-corrected chi connectivity index (χ3v) is 15.7. The lowest BCUT2D eigenvalue weighted by molar-refractivity contribution is -0.398. The number of carboxylic acid groups (broad SMARTS) is 1. The van der Waals surface area contributed by atoms with Gasteiger partial charge in [-0.2, -0.15) is 0 Å². The Balaban J connectivity index is 1.36. The van der Waals surface area contributed by atoms with Gasteiger partial charge in [-0.05, 0) is 109 Å². The van der Waals surface area contributed by atoms with Crippen molar-refractivity contribution in [2.75, 3.05) is 12.4 Å². The molecule has 0 aromatic heterocycles. The van der Waals surface area contributed by atoms with E-state index in [1.165, 1.54) is 0 Å². The lowest BCUT2D eigenvalue weighted by atomic mass is 9.72. The van der Waals surface area contributed by atoms with Crippen molar-refractivity contribution >= 4 is 23.4 Å². The van der Waals surface area contributed by atoms with E-state index in [1.807, 2.05) is 47.6 Å². The highest BCUT2D eigenvalue weighted by atomic mass is 35.5. The molecule has 0 bridgehead atoms. The molecule has 5 heterocycles. The molecule has 5 rings (SSSR count). The number of carbonyl (C=O) groups excluding carboxylic acids is 1. The number of aliphatic hydroxyl groups is 2. The maximum Gasteiger partial charge on any atom is 0.309 e. The summed E-state index contributed by atoms with van der Waals surface area (Å²) in [6.45, 7) is 20.8. The van der Waals surface area contributed by atoms with Gasteiger partial charge in [0.2, 0.25) is 0 Å². The number of carbonyl (C=O) groups is 2. The molecule has 2 spiro atoms. The normalized spacial score (nSPS) is 43.2. The van der Waals surface area contributed by atoms with Crippen LogP contribution in [0.3, 0.4) is 0 Å². The molecule has 0 aliphatic carbocycles. The maximum atomic E-state index is 14.6. The average Bonchev–Trinajstić information content (AvgIpc) is 3.53. The number of nitrogens with one attached hydrogen (secondary N) is 1. The van der Waals surface area contributed by atoms with Gasteiger partial charge >= 0.3 is 5.97 Å². The number of hydrogen-bond donors (Lipinski definition) is 4. The number of Topliss-reactive ketones (excluding diaryl/α,β-unsaturated/α-hetero) is 1. The summed E-state index contributed by atoms with van der Waals surface area (Å²) in [5, 5.41) is 36.6. The van der Waals surface area contributed by atoms with Crippen LogP contribution in [0.15, 0.2) is 12.2 Å². The zero-order valence-corrected chi connectivity index (χ0v) is 38.0. The Bertz CT molecular complexity index is 1420. The van der Waals surface area contributed by atoms with Crippen LogP contribution in [0.2, 0.25) is 0 Å².